The second kappa shape index (κ2) is 19.2. The average Bonchev–Trinajstić information content (AvgIpc) is 3.55. The van der Waals surface area contributed by atoms with E-state index >= 15 is 0 Å². The first-order valence-electron chi connectivity index (χ1n) is 25.8. The van der Waals surface area contributed by atoms with Crippen molar-refractivity contribution in [2.75, 3.05) is 41.7 Å². The topological polar surface area (TPSA) is 158 Å². The van der Waals surface area contributed by atoms with E-state index in [4.69, 9.17) is 9.84 Å². The number of ether oxygens (including phenoxy) is 1. The molecular formula is C59H62N7O6+. The summed E-state index contributed by atoms with van der Waals surface area (Å²) in [5.41, 5.74) is 11.6. The zero-order valence-electron chi connectivity index (χ0n) is 41.5. The summed E-state index contributed by atoms with van der Waals surface area (Å²) < 4.78 is 11.5. The second-order valence-electron chi connectivity index (χ2n) is 21.0. The molecule has 5 aliphatic rings. The highest BCUT2D eigenvalue weighted by Gasteiger charge is 2.36. The number of nitrogens with zero attached hydrogens (tertiary/aromatic N) is 4. The first-order chi connectivity index (χ1) is 34.9. The highest BCUT2D eigenvalue weighted by Crippen LogP contribution is 2.48. The number of carboxylic acid groups (broad SMARTS) is 1. The third-order valence-corrected chi connectivity index (χ3v) is 15.0. The van der Waals surface area contributed by atoms with Crippen LogP contribution in [-0.4, -0.2) is 64.8 Å². The highest BCUT2D eigenvalue weighted by molar-refractivity contribution is 6.04. The van der Waals surface area contributed by atoms with Crippen molar-refractivity contribution in [1.82, 2.24) is 19.7 Å². The van der Waals surface area contributed by atoms with Crippen LogP contribution in [0.15, 0.2) is 91.0 Å². The molecule has 0 fully saturated rings. The number of para-hydroxylation sites is 1. The number of carbonyl (C=O) groups is 4. The number of aromatic nitrogens is 2. The van der Waals surface area contributed by atoms with Gasteiger partial charge in [0, 0.05) is 101 Å². The number of nitrogens with one attached hydrogen (secondary N) is 3. The van der Waals surface area contributed by atoms with Gasteiger partial charge in [0.15, 0.2) is 5.78 Å². The summed E-state index contributed by atoms with van der Waals surface area (Å²) in [6.45, 7) is 10.4. The number of carbonyl (C=O) groups excluding carboxylic acids is 3. The van der Waals surface area contributed by atoms with E-state index in [2.05, 4.69) is 58.3 Å². The third-order valence-electron chi connectivity index (χ3n) is 15.0. The molecule has 13 nitrogen and oxygen atoms in total. The number of Topliss-reactive ketones (excluding diaryl/α,β-unsaturated/α-hetero) is 1. The molecule has 6 heterocycles. The smallest absolute Gasteiger partial charge is 0.336 e. The van der Waals surface area contributed by atoms with E-state index < -0.39 is 12.0 Å². The number of anilines is 3. The molecule has 6 aromatic rings. The van der Waals surface area contributed by atoms with Crippen molar-refractivity contribution in [2.24, 2.45) is 0 Å². The number of benzene rings is 5. The predicted octanol–water partition coefficient (Wildman–Crippen LogP) is 9.01. The number of hydrogen-bond donors (Lipinski definition) is 4. The molecule has 0 saturated heterocycles. The zero-order valence-corrected chi connectivity index (χ0v) is 41.5. The first kappa shape index (κ1) is 46.8. The summed E-state index contributed by atoms with van der Waals surface area (Å²) in [6, 6.07) is 27.7. The van der Waals surface area contributed by atoms with Gasteiger partial charge in [0.2, 0.25) is 11.3 Å². The summed E-state index contributed by atoms with van der Waals surface area (Å²) in [5, 5.41) is 26.8. The molecule has 0 radical (unpaired) electrons. The minimum Gasteiger partial charge on any atom is -0.478 e. The molecule has 1 aromatic heterocycles. The molecule has 368 valence electrons. The quantitative estimate of drug-likeness (QED) is 0.0739. The Balaban J connectivity index is 0.878. The van der Waals surface area contributed by atoms with Crippen LogP contribution in [0.4, 0.5) is 22.0 Å². The maximum absolute atomic E-state index is 14.2. The van der Waals surface area contributed by atoms with Crippen LogP contribution in [0.2, 0.25) is 0 Å². The normalized spacial score (nSPS) is 15.7. The Morgan fingerprint density at radius 2 is 1.53 bits per heavy atom. The number of aryl methyl sites for hydroxylation is 2. The Hall–Kier alpha value is -7.54. The lowest BCUT2D eigenvalue weighted by Crippen LogP contribution is -2.41. The Morgan fingerprint density at radius 1 is 0.736 bits per heavy atom. The number of aromatic carboxylic acids is 1. The fourth-order valence-corrected chi connectivity index (χ4v) is 11.5. The third kappa shape index (κ3) is 9.05. The predicted molar refractivity (Wildman–Crippen MR) is 280 cm³/mol. The Bertz CT molecular complexity index is 3330. The van der Waals surface area contributed by atoms with Crippen LogP contribution < -0.4 is 40.7 Å². The Morgan fingerprint density at radius 3 is 2.36 bits per heavy atom. The van der Waals surface area contributed by atoms with Crippen molar-refractivity contribution < 1.29 is 29.0 Å². The van der Waals surface area contributed by atoms with Crippen LogP contribution >= 0.6 is 0 Å². The van der Waals surface area contributed by atoms with Gasteiger partial charge < -0.3 is 25.4 Å². The molecular weight excluding hydrogens is 903 g/mol. The summed E-state index contributed by atoms with van der Waals surface area (Å²) in [4.78, 5) is 56.7. The van der Waals surface area contributed by atoms with Crippen molar-refractivity contribution in [3.05, 3.63) is 157 Å². The standard InChI is InChI=1S/C59H61N7O6/c1-59(2,3)49-34-50(62-58(71)61-40-17-5-4-6-18-40)66(63-49)41-19-11-14-36(30-41)35-60-51(68)25-24-48(67)37-22-23-42(57(69)70)45(31-37)52-46-32-38-15-7-9-26-64-28-12-20-43(53(38)64)55(46)72-56-44-21-13-29-65-27-10-8-16-39(54(44)65)33-47(52)56/h4-6,11,14,17-19,22-23,30-34H,7-10,12-13,15-16,20-21,24-29,35H2,1-3H3,(H3-,60,61,62,63,68,69,70,71)/p+1. The summed E-state index contributed by atoms with van der Waals surface area (Å²) >= 11 is 0. The number of rotatable bonds is 11. The van der Waals surface area contributed by atoms with Crippen LogP contribution in [0.3, 0.4) is 0 Å². The van der Waals surface area contributed by atoms with Crippen LogP contribution in [-0.2, 0) is 42.4 Å². The van der Waals surface area contributed by atoms with E-state index in [1.807, 2.05) is 60.7 Å². The second-order valence-corrected chi connectivity index (χ2v) is 21.0. The van der Waals surface area contributed by atoms with E-state index in [0.717, 1.165) is 129 Å². The van der Waals surface area contributed by atoms with E-state index in [1.165, 1.54) is 33.3 Å². The molecule has 0 aliphatic carbocycles. The van der Waals surface area contributed by atoms with Crippen LogP contribution in [0.1, 0.15) is 137 Å². The molecule has 0 saturated carbocycles. The Kier molecular flexibility index (Phi) is 12.5. The molecule has 72 heavy (non-hydrogen) atoms. The summed E-state index contributed by atoms with van der Waals surface area (Å²) in [6.07, 6.45) is 9.93. The minimum atomic E-state index is -1.07. The number of ketones is 1. The number of amides is 3. The molecule has 5 aliphatic heterocycles. The number of hydrogen-bond acceptors (Lipinski definition) is 7. The van der Waals surface area contributed by atoms with E-state index in [1.54, 1.807) is 22.9 Å². The molecule has 0 spiro atoms. The highest BCUT2D eigenvalue weighted by atomic mass is 16.5. The van der Waals surface area contributed by atoms with Crippen molar-refractivity contribution in [3.8, 4) is 17.2 Å². The molecule has 4 N–H and O–H groups in total. The van der Waals surface area contributed by atoms with Gasteiger partial charge in [0.25, 0.3) is 0 Å². The number of urea groups is 1. The van der Waals surface area contributed by atoms with Gasteiger partial charge in [-0.05, 0) is 117 Å². The molecule has 13 heteroatoms. The minimum absolute atomic E-state index is 0.0543. The van der Waals surface area contributed by atoms with Crippen molar-refractivity contribution in [2.45, 2.75) is 110 Å². The fourth-order valence-electron chi connectivity index (χ4n) is 11.5. The van der Waals surface area contributed by atoms with Crippen LogP contribution in [0, 0.1) is 0 Å². The maximum atomic E-state index is 14.2. The molecule has 5 aromatic carbocycles. The lowest BCUT2D eigenvalue weighted by molar-refractivity contribution is -0.121. The summed E-state index contributed by atoms with van der Waals surface area (Å²) in [7, 11) is 0. The van der Waals surface area contributed by atoms with Crippen molar-refractivity contribution in [1.29, 1.82) is 0 Å². The fraction of sp³-hybridized carbons (Fsp3) is 0.356. The molecule has 3 amide bonds. The molecule has 0 bridgehead atoms. The van der Waals surface area contributed by atoms with Gasteiger partial charge in [-0.2, -0.15) is 5.10 Å². The molecule has 0 unspecified atom stereocenters. The van der Waals surface area contributed by atoms with E-state index in [-0.39, 0.29) is 42.1 Å². The van der Waals surface area contributed by atoms with Crippen LogP contribution in [0.25, 0.3) is 11.3 Å². The van der Waals surface area contributed by atoms with E-state index in [9.17, 15) is 24.3 Å². The average molecular weight is 965 g/mol. The zero-order chi connectivity index (χ0) is 49.7. The Labute approximate surface area is 419 Å². The van der Waals surface area contributed by atoms with Gasteiger partial charge in [0.05, 0.1) is 22.5 Å². The van der Waals surface area contributed by atoms with Gasteiger partial charge in [0.1, 0.15) is 30.4 Å². The summed E-state index contributed by atoms with van der Waals surface area (Å²) in [5.74, 6) is 0.525. The lowest BCUT2D eigenvalue weighted by atomic mass is 9.82. The van der Waals surface area contributed by atoms with Gasteiger partial charge in [-0.1, -0.05) is 57.2 Å². The molecule has 11 rings (SSSR count). The monoisotopic (exact) mass is 964 g/mol. The maximum Gasteiger partial charge on any atom is 0.336 e. The SMILES string of the molecule is CC(C)(C)c1cc(NC(=O)Nc2ccccc2)n(-c2cccc(CNC(=O)CCC(=O)c3ccc(C(=O)O)c(C4=c5cc6c7c(c5Oc5c4cc4c8c5CCCN8CCCC4)CCC[N+]=7CCCC6)c3)c2)n1. The van der Waals surface area contributed by atoms with Gasteiger partial charge in [-0.25, -0.2) is 18.8 Å². The van der Waals surface area contributed by atoms with Crippen molar-refractivity contribution in [3.63, 3.8) is 0 Å². The lowest BCUT2D eigenvalue weighted by Gasteiger charge is -2.35. The molecule has 0 atom stereocenters. The van der Waals surface area contributed by atoms with Gasteiger partial charge in [-0.3, -0.25) is 14.9 Å². The van der Waals surface area contributed by atoms with Crippen LogP contribution in [0.5, 0.6) is 11.5 Å². The first-order valence-corrected chi connectivity index (χ1v) is 25.8. The van der Waals surface area contributed by atoms with Crippen molar-refractivity contribution >= 4 is 46.5 Å². The van der Waals surface area contributed by atoms with Gasteiger partial charge >= 0.3 is 12.0 Å². The van der Waals surface area contributed by atoms with E-state index in [0.29, 0.717) is 28.3 Å². The number of fused-ring (bicyclic) bond motifs is 4. The number of carboxylic acids is 1. The largest absolute Gasteiger partial charge is 0.478 e. The van der Waals surface area contributed by atoms with Gasteiger partial charge in [-0.15, -0.1) is 0 Å².